The molecule has 0 aromatic heterocycles. The first kappa shape index (κ1) is 16.6. The molecule has 122 valence electrons. The van der Waals surface area contributed by atoms with Crippen LogP contribution in [0.25, 0.3) is 6.08 Å². The number of carbonyl (C=O) groups is 3. The molecule has 2 N–H and O–H groups in total. The molecule has 8 nitrogen and oxygen atoms in total. The Bertz CT molecular complexity index is 715. The summed E-state index contributed by atoms with van der Waals surface area (Å²) in [6.07, 6.45) is 1.34. The number of benzene rings is 1. The van der Waals surface area contributed by atoms with Gasteiger partial charge in [-0.25, -0.2) is 9.69 Å². The number of carboxylic acids is 1. The Kier molecular flexibility index (Phi) is 4.75. The Labute approximate surface area is 136 Å². The molecule has 1 aromatic rings. The van der Waals surface area contributed by atoms with E-state index < -0.39 is 24.5 Å². The molecule has 0 atom stereocenters. The molecule has 0 bridgehead atoms. The van der Waals surface area contributed by atoms with Gasteiger partial charge in [0.05, 0.1) is 19.2 Å². The summed E-state index contributed by atoms with van der Waals surface area (Å²) >= 11 is 6.11. The normalized spacial score (nSPS) is 15.8. The maximum Gasteiger partial charge on any atom is 0.329 e. The number of carboxylic acid groups (broad SMARTS) is 1. The Morgan fingerprint density at radius 3 is 2.48 bits per heavy atom. The smallest absolute Gasteiger partial charge is 0.329 e. The number of methoxy groups -OCH3 is 2. The van der Waals surface area contributed by atoms with Crippen molar-refractivity contribution in [1.82, 2.24) is 10.2 Å². The lowest BCUT2D eigenvalue weighted by atomic mass is 10.1. The zero-order valence-electron chi connectivity index (χ0n) is 12.3. The quantitative estimate of drug-likeness (QED) is 0.619. The van der Waals surface area contributed by atoms with Gasteiger partial charge in [-0.15, -0.1) is 0 Å². The zero-order valence-corrected chi connectivity index (χ0v) is 13.0. The Balaban J connectivity index is 2.37. The number of urea groups is 1. The third-order valence-electron chi connectivity index (χ3n) is 3.06. The first-order chi connectivity index (χ1) is 10.9. The second kappa shape index (κ2) is 6.57. The SMILES string of the molecule is COc1cc(Cl)c(/C=C2/NC(=O)N(CC(=O)O)C2=O)cc1OC. The van der Waals surface area contributed by atoms with E-state index in [4.69, 9.17) is 26.2 Å². The van der Waals surface area contributed by atoms with Gasteiger partial charge in [0.1, 0.15) is 12.2 Å². The molecule has 1 aromatic carbocycles. The third kappa shape index (κ3) is 3.37. The van der Waals surface area contributed by atoms with Crippen molar-refractivity contribution < 1.29 is 29.0 Å². The summed E-state index contributed by atoms with van der Waals surface area (Å²) in [5.74, 6) is -1.24. The van der Waals surface area contributed by atoms with Gasteiger partial charge < -0.3 is 19.9 Å². The van der Waals surface area contributed by atoms with E-state index in [2.05, 4.69) is 5.32 Å². The van der Waals surface area contributed by atoms with Crippen molar-refractivity contribution >= 4 is 35.6 Å². The number of aliphatic carboxylic acids is 1. The van der Waals surface area contributed by atoms with E-state index in [-0.39, 0.29) is 10.7 Å². The van der Waals surface area contributed by atoms with Gasteiger partial charge in [0, 0.05) is 6.07 Å². The molecule has 0 saturated carbocycles. The molecule has 1 aliphatic heterocycles. The number of halogens is 1. The molecule has 0 spiro atoms. The Morgan fingerprint density at radius 2 is 1.91 bits per heavy atom. The van der Waals surface area contributed by atoms with Gasteiger partial charge in [0.15, 0.2) is 11.5 Å². The van der Waals surface area contributed by atoms with Crippen molar-refractivity contribution in [1.29, 1.82) is 0 Å². The lowest BCUT2D eigenvalue weighted by Gasteiger charge is -2.10. The van der Waals surface area contributed by atoms with Crippen molar-refractivity contribution in [3.05, 3.63) is 28.4 Å². The number of carbonyl (C=O) groups excluding carboxylic acids is 2. The molecular weight excluding hydrogens is 328 g/mol. The van der Waals surface area contributed by atoms with Gasteiger partial charge in [-0.3, -0.25) is 9.59 Å². The van der Waals surface area contributed by atoms with Crippen molar-refractivity contribution in [2.45, 2.75) is 0 Å². The number of ether oxygens (including phenoxy) is 2. The van der Waals surface area contributed by atoms with Crippen LogP contribution in [0.15, 0.2) is 17.8 Å². The van der Waals surface area contributed by atoms with Gasteiger partial charge in [0.25, 0.3) is 5.91 Å². The standard InChI is InChI=1S/C14H13ClN2O6/c1-22-10-4-7(8(15)5-11(10)23-2)3-9-13(20)17(6-12(18)19)14(21)16-9/h3-5H,6H2,1-2H3,(H,16,21)(H,18,19)/b9-3+. The van der Waals surface area contributed by atoms with E-state index in [1.54, 1.807) is 0 Å². The van der Waals surface area contributed by atoms with E-state index in [0.717, 1.165) is 0 Å². The second-order valence-electron chi connectivity index (χ2n) is 4.50. The number of imide groups is 1. The average molecular weight is 341 g/mol. The van der Waals surface area contributed by atoms with E-state index in [1.807, 2.05) is 0 Å². The molecule has 1 aliphatic rings. The van der Waals surface area contributed by atoms with Crippen molar-refractivity contribution in [3.8, 4) is 11.5 Å². The highest BCUT2D eigenvalue weighted by atomic mass is 35.5. The maximum absolute atomic E-state index is 12.1. The molecule has 3 amide bonds. The van der Waals surface area contributed by atoms with Crippen LogP contribution >= 0.6 is 11.6 Å². The van der Waals surface area contributed by atoms with Crippen LogP contribution in [0.4, 0.5) is 4.79 Å². The first-order valence-electron chi connectivity index (χ1n) is 6.35. The van der Waals surface area contributed by atoms with Gasteiger partial charge in [-0.05, 0) is 17.7 Å². The van der Waals surface area contributed by atoms with E-state index in [1.165, 1.54) is 32.4 Å². The first-order valence-corrected chi connectivity index (χ1v) is 6.73. The number of hydrogen-bond donors (Lipinski definition) is 2. The molecule has 9 heteroatoms. The largest absolute Gasteiger partial charge is 0.493 e. The summed E-state index contributed by atoms with van der Waals surface area (Å²) in [6, 6.07) is 2.23. The monoisotopic (exact) mass is 340 g/mol. The van der Waals surface area contributed by atoms with Crippen molar-refractivity contribution in [2.75, 3.05) is 20.8 Å². The average Bonchev–Trinajstić information content (AvgIpc) is 2.76. The molecule has 1 heterocycles. The number of nitrogens with one attached hydrogen (secondary N) is 1. The number of nitrogens with zero attached hydrogens (tertiary/aromatic N) is 1. The van der Waals surface area contributed by atoms with Gasteiger partial charge in [0.2, 0.25) is 0 Å². The van der Waals surface area contributed by atoms with Crippen LogP contribution in [0.2, 0.25) is 5.02 Å². The summed E-state index contributed by atoms with van der Waals surface area (Å²) in [4.78, 5) is 35.0. The molecule has 0 unspecified atom stereocenters. The molecule has 2 rings (SSSR count). The third-order valence-corrected chi connectivity index (χ3v) is 3.39. The summed E-state index contributed by atoms with van der Waals surface area (Å²) in [5.41, 5.74) is 0.329. The van der Waals surface area contributed by atoms with E-state index in [0.29, 0.717) is 22.0 Å². The highest BCUT2D eigenvalue weighted by Gasteiger charge is 2.35. The Hall–Kier alpha value is -2.74. The van der Waals surface area contributed by atoms with E-state index in [9.17, 15) is 14.4 Å². The second-order valence-corrected chi connectivity index (χ2v) is 4.91. The highest BCUT2D eigenvalue weighted by molar-refractivity contribution is 6.32. The van der Waals surface area contributed by atoms with Crippen LogP contribution in [-0.4, -0.2) is 48.7 Å². The van der Waals surface area contributed by atoms with Crippen LogP contribution in [0.3, 0.4) is 0 Å². The lowest BCUT2D eigenvalue weighted by molar-refractivity contribution is -0.140. The van der Waals surface area contributed by atoms with Gasteiger partial charge in [-0.2, -0.15) is 0 Å². The van der Waals surface area contributed by atoms with Crippen LogP contribution in [0.1, 0.15) is 5.56 Å². The molecule has 1 fully saturated rings. The molecule has 0 aliphatic carbocycles. The lowest BCUT2D eigenvalue weighted by Crippen LogP contribution is -2.35. The summed E-state index contributed by atoms with van der Waals surface area (Å²) in [6.45, 7) is -0.721. The molecule has 0 radical (unpaired) electrons. The van der Waals surface area contributed by atoms with Crippen LogP contribution < -0.4 is 14.8 Å². The van der Waals surface area contributed by atoms with Crippen LogP contribution in [0, 0.1) is 0 Å². The predicted octanol–water partition coefficient (Wildman–Crippen LogP) is 1.33. The summed E-state index contributed by atoms with van der Waals surface area (Å²) in [5, 5.41) is 11.3. The molecule has 1 saturated heterocycles. The van der Waals surface area contributed by atoms with E-state index >= 15 is 0 Å². The van der Waals surface area contributed by atoms with Crippen molar-refractivity contribution in [2.24, 2.45) is 0 Å². The van der Waals surface area contributed by atoms with Gasteiger partial charge in [-0.1, -0.05) is 11.6 Å². The minimum absolute atomic E-state index is 0.0784. The predicted molar refractivity (Wildman–Crippen MR) is 80.4 cm³/mol. The fourth-order valence-corrected chi connectivity index (χ4v) is 2.19. The molecule has 23 heavy (non-hydrogen) atoms. The number of amides is 3. The van der Waals surface area contributed by atoms with Crippen LogP contribution in [-0.2, 0) is 9.59 Å². The zero-order chi connectivity index (χ0) is 17.1. The topological polar surface area (TPSA) is 105 Å². The Morgan fingerprint density at radius 1 is 1.30 bits per heavy atom. The summed E-state index contributed by atoms with van der Waals surface area (Å²) < 4.78 is 10.2. The highest BCUT2D eigenvalue weighted by Crippen LogP contribution is 2.34. The van der Waals surface area contributed by atoms with Crippen molar-refractivity contribution in [3.63, 3.8) is 0 Å². The number of hydrogen-bond acceptors (Lipinski definition) is 5. The number of rotatable bonds is 5. The minimum atomic E-state index is -1.29. The fourth-order valence-electron chi connectivity index (χ4n) is 1.99. The van der Waals surface area contributed by atoms with Gasteiger partial charge >= 0.3 is 12.0 Å². The minimum Gasteiger partial charge on any atom is -0.493 e. The summed E-state index contributed by atoms with van der Waals surface area (Å²) in [7, 11) is 2.90. The fraction of sp³-hybridized carbons (Fsp3) is 0.214. The molecular formula is C14H13ClN2O6. The van der Waals surface area contributed by atoms with Crippen LogP contribution in [0.5, 0.6) is 11.5 Å². The maximum atomic E-state index is 12.1.